The molecule has 1 atom stereocenters. The van der Waals surface area contributed by atoms with Crippen LogP contribution < -0.4 is 5.32 Å². The number of amides is 1. The van der Waals surface area contributed by atoms with Crippen molar-refractivity contribution in [3.8, 4) is 0 Å². The molecule has 1 aliphatic rings. The quantitative estimate of drug-likeness (QED) is 0.687. The monoisotopic (exact) mass is 386 g/mol. The molecule has 6 heteroatoms. The molecule has 0 radical (unpaired) electrons. The Hall–Kier alpha value is -1.82. The van der Waals surface area contributed by atoms with Crippen molar-refractivity contribution in [3.63, 3.8) is 0 Å². The van der Waals surface area contributed by atoms with E-state index >= 15 is 0 Å². The van der Waals surface area contributed by atoms with Crippen LogP contribution in [0.1, 0.15) is 62.9 Å². The number of thioether (sulfide) groups is 1. The van der Waals surface area contributed by atoms with Gasteiger partial charge in [0.15, 0.2) is 11.0 Å². The minimum absolute atomic E-state index is 0.0374. The van der Waals surface area contributed by atoms with Gasteiger partial charge in [0.2, 0.25) is 5.91 Å². The zero-order valence-electron chi connectivity index (χ0n) is 16.4. The fourth-order valence-electron chi connectivity index (χ4n) is 3.65. The van der Waals surface area contributed by atoms with Crippen LogP contribution in [0.15, 0.2) is 35.5 Å². The van der Waals surface area contributed by atoms with Crippen LogP contribution in [0.2, 0.25) is 0 Å². The largest absolute Gasteiger partial charge is 0.346 e. The molecule has 1 aromatic carbocycles. The summed E-state index contributed by atoms with van der Waals surface area (Å²) in [6.07, 6.45) is 7.95. The summed E-state index contributed by atoms with van der Waals surface area (Å²) in [4.78, 5) is 12.1. The molecule has 1 heterocycles. The van der Waals surface area contributed by atoms with E-state index in [0.29, 0.717) is 12.8 Å². The van der Waals surface area contributed by atoms with E-state index in [4.69, 9.17) is 0 Å². The van der Waals surface area contributed by atoms with Crippen molar-refractivity contribution < 1.29 is 4.79 Å². The summed E-state index contributed by atoms with van der Waals surface area (Å²) in [5.74, 6) is 2.77. The van der Waals surface area contributed by atoms with Crippen molar-refractivity contribution in [2.75, 3.05) is 5.75 Å². The second kappa shape index (κ2) is 9.93. The molecule has 3 rings (SSSR count). The molecule has 0 aliphatic heterocycles. The number of hydrogen-bond acceptors (Lipinski definition) is 4. The molecule has 27 heavy (non-hydrogen) atoms. The van der Waals surface area contributed by atoms with Crippen LogP contribution in [-0.4, -0.2) is 26.4 Å². The van der Waals surface area contributed by atoms with Gasteiger partial charge in [-0.1, -0.05) is 68.3 Å². The van der Waals surface area contributed by atoms with Crippen molar-refractivity contribution in [1.82, 2.24) is 20.1 Å². The number of hydrogen-bond donors (Lipinski definition) is 1. The number of carbonyl (C=O) groups excluding carboxylic acids is 1. The zero-order valence-corrected chi connectivity index (χ0v) is 17.2. The Morgan fingerprint density at radius 3 is 2.67 bits per heavy atom. The minimum atomic E-state index is -0.165. The standard InChI is InChI=1S/C21H30N4OS/c1-3-19(26)22-18(14-16-10-6-4-7-11-16)20-23-24-21(25(20)2)27-15-17-12-8-5-9-13-17/h4,6-7,10-11,17-18H,3,5,8-9,12-15H2,1-2H3,(H,22,26)/t18-/m0/s1. The van der Waals surface area contributed by atoms with Crippen molar-refractivity contribution in [1.29, 1.82) is 0 Å². The summed E-state index contributed by atoms with van der Waals surface area (Å²) in [6, 6.07) is 10.1. The van der Waals surface area contributed by atoms with Gasteiger partial charge in [0.05, 0.1) is 6.04 Å². The van der Waals surface area contributed by atoms with E-state index in [0.717, 1.165) is 22.7 Å². The molecule has 0 spiro atoms. The Balaban J connectivity index is 1.71. The predicted octanol–water partition coefficient (Wildman–Crippen LogP) is 4.30. The first kappa shape index (κ1) is 19.9. The Morgan fingerprint density at radius 2 is 1.96 bits per heavy atom. The molecule has 0 saturated heterocycles. The second-order valence-electron chi connectivity index (χ2n) is 7.38. The lowest BCUT2D eigenvalue weighted by molar-refractivity contribution is -0.121. The molecule has 1 aliphatic carbocycles. The third-order valence-electron chi connectivity index (χ3n) is 5.29. The minimum Gasteiger partial charge on any atom is -0.346 e. The average molecular weight is 387 g/mol. The molecule has 1 N–H and O–H groups in total. The Labute approximate surface area is 166 Å². The smallest absolute Gasteiger partial charge is 0.220 e. The average Bonchev–Trinajstić information content (AvgIpc) is 3.07. The van der Waals surface area contributed by atoms with Crippen LogP contribution in [-0.2, 0) is 18.3 Å². The van der Waals surface area contributed by atoms with E-state index < -0.39 is 0 Å². The second-order valence-corrected chi connectivity index (χ2v) is 8.37. The number of carbonyl (C=O) groups is 1. The van der Waals surface area contributed by atoms with Crippen molar-refractivity contribution in [3.05, 3.63) is 41.7 Å². The van der Waals surface area contributed by atoms with E-state index in [2.05, 4.69) is 32.2 Å². The predicted molar refractivity (Wildman–Crippen MR) is 110 cm³/mol. The van der Waals surface area contributed by atoms with Gasteiger partial charge in [-0.3, -0.25) is 4.79 Å². The molecule has 1 amide bonds. The number of nitrogens with zero attached hydrogens (tertiary/aromatic N) is 3. The zero-order chi connectivity index (χ0) is 19.1. The van der Waals surface area contributed by atoms with Gasteiger partial charge in [-0.05, 0) is 30.7 Å². The van der Waals surface area contributed by atoms with Gasteiger partial charge < -0.3 is 9.88 Å². The van der Waals surface area contributed by atoms with Gasteiger partial charge in [0.1, 0.15) is 0 Å². The molecule has 0 unspecified atom stereocenters. The van der Waals surface area contributed by atoms with Gasteiger partial charge in [0, 0.05) is 19.2 Å². The van der Waals surface area contributed by atoms with Crippen LogP contribution in [0.5, 0.6) is 0 Å². The van der Waals surface area contributed by atoms with E-state index in [1.54, 1.807) is 11.8 Å². The fraction of sp³-hybridized carbons (Fsp3) is 0.571. The number of rotatable bonds is 8. The molecule has 1 fully saturated rings. The normalized spacial score (nSPS) is 16.2. The third-order valence-corrected chi connectivity index (χ3v) is 6.54. The fourth-order valence-corrected chi connectivity index (χ4v) is 4.76. The summed E-state index contributed by atoms with van der Waals surface area (Å²) in [6.45, 7) is 1.87. The maximum atomic E-state index is 12.1. The van der Waals surface area contributed by atoms with Gasteiger partial charge >= 0.3 is 0 Å². The van der Waals surface area contributed by atoms with Crippen LogP contribution in [0.4, 0.5) is 0 Å². The molecule has 0 bridgehead atoms. The highest BCUT2D eigenvalue weighted by molar-refractivity contribution is 7.99. The summed E-state index contributed by atoms with van der Waals surface area (Å²) < 4.78 is 2.05. The van der Waals surface area contributed by atoms with Crippen LogP contribution in [0.25, 0.3) is 0 Å². The Bertz CT molecular complexity index is 725. The van der Waals surface area contributed by atoms with Crippen molar-refractivity contribution >= 4 is 17.7 Å². The van der Waals surface area contributed by atoms with Gasteiger partial charge in [-0.2, -0.15) is 0 Å². The molecule has 1 aromatic heterocycles. The van der Waals surface area contributed by atoms with Gasteiger partial charge in [-0.15, -0.1) is 10.2 Å². The molecule has 1 saturated carbocycles. The van der Waals surface area contributed by atoms with Crippen LogP contribution in [0.3, 0.4) is 0 Å². The van der Waals surface area contributed by atoms with Crippen LogP contribution >= 0.6 is 11.8 Å². The van der Waals surface area contributed by atoms with Gasteiger partial charge in [-0.25, -0.2) is 0 Å². The highest BCUT2D eigenvalue weighted by Crippen LogP contribution is 2.30. The highest BCUT2D eigenvalue weighted by atomic mass is 32.2. The number of benzene rings is 1. The summed E-state index contributed by atoms with van der Waals surface area (Å²) >= 11 is 1.80. The molecular weight excluding hydrogens is 356 g/mol. The first-order chi connectivity index (χ1) is 13.2. The van der Waals surface area contributed by atoms with E-state index in [9.17, 15) is 4.79 Å². The summed E-state index contributed by atoms with van der Waals surface area (Å²) in [5.41, 5.74) is 1.18. The van der Waals surface area contributed by atoms with Gasteiger partial charge in [0.25, 0.3) is 0 Å². The summed E-state index contributed by atoms with van der Waals surface area (Å²) in [5, 5.41) is 12.9. The molecule has 5 nitrogen and oxygen atoms in total. The maximum Gasteiger partial charge on any atom is 0.220 e. The maximum absolute atomic E-state index is 12.1. The first-order valence-electron chi connectivity index (χ1n) is 10.0. The SMILES string of the molecule is CCC(=O)N[C@@H](Cc1ccccc1)c1nnc(SCC2CCCCC2)n1C. The first-order valence-corrected chi connectivity index (χ1v) is 11.0. The summed E-state index contributed by atoms with van der Waals surface area (Å²) in [7, 11) is 2.01. The topological polar surface area (TPSA) is 59.8 Å². The molecular formula is C21H30N4OS. The number of aromatic nitrogens is 3. The van der Waals surface area contributed by atoms with Crippen molar-refractivity contribution in [2.45, 2.75) is 63.1 Å². The highest BCUT2D eigenvalue weighted by Gasteiger charge is 2.22. The van der Waals surface area contributed by atoms with E-state index in [-0.39, 0.29) is 11.9 Å². The lowest BCUT2D eigenvalue weighted by Gasteiger charge is -2.21. The molecule has 2 aromatic rings. The van der Waals surface area contributed by atoms with E-state index in [1.807, 2.05) is 32.2 Å². The lowest BCUT2D eigenvalue weighted by Crippen LogP contribution is -2.31. The molecule has 146 valence electrons. The number of nitrogens with one attached hydrogen (secondary N) is 1. The third kappa shape index (κ3) is 5.58. The van der Waals surface area contributed by atoms with Crippen LogP contribution in [0, 0.1) is 5.92 Å². The van der Waals surface area contributed by atoms with Crippen molar-refractivity contribution in [2.24, 2.45) is 13.0 Å². The lowest BCUT2D eigenvalue weighted by atomic mass is 9.91. The Kier molecular flexibility index (Phi) is 7.33. The van der Waals surface area contributed by atoms with E-state index in [1.165, 1.54) is 37.7 Å². The Morgan fingerprint density at radius 1 is 1.22 bits per heavy atom.